The molecule has 0 saturated heterocycles. The van der Waals surface area contributed by atoms with Crippen LogP contribution in [-0.4, -0.2) is 34.2 Å². The van der Waals surface area contributed by atoms with Crippen LogP contribution in [0.1, 0.15) is 22.3 Å². The molecule has 43 heavy (non-hydrogen) atoms. The quantitative estimate of drug-likeness (QED) is 0.120. The minimum Gasteiger partial charge on any atom is -0.497 e. The van der Waals surface area contributed by atoms with Crippen molar-refractivity contribution in [3.63, 3.8) is 0 Å². The number of fused-ring (bicyclic) bond motifs is 2. The van der Waals surface area contributed by atoms with Gasteiger partial charge in [-0.05, 0) is 48.5 Å². The number of pyridine rings is 2. The number of benzene rings is 2. The Kier molecular flexibility index (Phi) is 7.13. The van der Waals surface area contributed by atoms with Gasteiger partial charge < -0.3 is 19.4 Å². The Labute approximate surface area is 246 Å². The molecule has 0 saturated carbocycles. The zero-order valence-corrected chi connectivity index (χ0v) is 23.1. The predicted octanol–water partition coefficient (Wildman–Crippen LogP) is 7.16. The Morgan fingerprint density at radius 3 is 2.21 bits per heavy atom. The summed E-state index contributed by atoms with van der Waals surface area (Å²) in [6, 6.07) is 22.2. The summed E-state index contributed by atoms with van der Waals surface area (Å²) in [5.41, 5.74) is 5.02. The molecule has 6 aromatic rings. The van der Waals surface area contributed by atoms with E-state index in [4.69, 9.17) is 9.47 Å². The lowest BCUT2D eigenvalue weighted by molar-refractivity contribution is 0.415. The van der Waals surface area contributed by atoms with Crippen molar-refractivity contribution >= 4 is 44.1 Å². The normalized spacial score (nSPS) is 12.3. The molecule has 2 aromatic carbocycles. The number of aromatic nitrogens is 4. The maximum absolute atomic E-state index is 14.1. The fraction of sp³-hybridized carbons (Fsp3) is 0.0588. The van der Waals surface area contributed by atoms with Gasteiger partial charge >= 0.3 is 0 Å². The minimum absolute atomic E-state index is 0.242. The van der Waals surface area contributed by atoms with Crippen molar-refractivity contribution < 1.29 is 13.9 Å². The predicted molar refractivity (Wildman–Crippen MR) is 163 cm³/mol. The summed E-state index contributed by atoms with van der Waals surface area (Å²) in [4.78, 5) is 14.7. The number of rotatable bonds is 7. The Morgan fingerprint density at radius 1 is 0.791 bits per heavy atom. The second-order valence-electron chi connectivity index (χ2n) is 9.53. The van der Waals surface area contributed by atoms with Crippen LogP contribution in [0.25, 0.3) is 44.1 Å². The maximum Gasteiger partial charge on any atom is 0.212 e. The Morgan fingerprint density at radius 2 is 1.53 bits per heavy atom. The number of H-pyrrole nitrogens is 2. The second kappa shape index (κ2) is 11.4. The minimum atomic E-state index is -0.674. The van der Waals surface area contributed by atoms with Crippen molar-refractivity contribution in [3.05, 3.63) is 120 Å². The third-order valence-corrected chi connectivity index (χ3v) is 7.25. The molecule has 8 nitrogen and oxygen atoms in total. The topological polar surface area (TPSA) is 123 Å². The molecule has 0 aliphatic heterocycles. The molecular weight excluding hydrogens is 543 g/mol. The summed E-state index contributed by atoms with van der Waals surface area (Å²) < 4.78 is 25.3. The molecule has 0 unspecified atom stereocenters. The fourth-order valence-corrected chi connectivity index (χ4v) is 5.32. The molecule has 208 valence electrons. The van der Waals surface area contributed by atoms with E-state index in [9.17, 15) is 14.9 Å². The number of nitrogens with one attached hydrogen (secondary N) is 2. The smallest absolute Gasteiger partial charge is 0.212 e. The highest BCUT2D eigenvalue weighted by Crippen LogP contribution is 2.45. The van der Waals surface area contributed by atoms with Gasteiger partial charge in [-0.2, -0.15) is 14.9 Å². The molecule has 9 heteroatoms. The zero-order chi connectivity index (χ0) is 29.9. The molecule has 4 heterocycles. The van der Waals surface area contributed by atoms with Crippen LogP contribution in [0.15, 0.2) is 91.6 Å². The molecular formula is C34H23FN6O2. The van der Waals surface area contributed by atoms with E-state index in [1.165, 1.54) is 12.3 Å². The largest absolute Gasteiger partial charge is 0.497 e. The van der Waals surface area contributed by atoms with Crippen LogP contribution in [0.2, 0.25) is 0 Å². The average molecular weight is 567 g/mol. The second-order valence-corrected chi connectivity index (χ2v) is 9.53. The van der Waals surface area contributed by atoms with E-state index in [1.807, 2.05) is 42.5 Å². The summed E-state index contributed by atoms with van der Waals surface area (Å²) in [6.45, 7) is 0. The molecule has 0 atom stereocenters. The van der Waals surface area contributed by atoms with Crippen molar-refractivity contribution in [3.8, 4) is 23.6 Å². The third-order valence-electron chi connectivity index (χ3n) is 7.25. The molecule has 0 radical (unpaired) electrons. The van der Waals surface area contributed by atoms with Gasteiger partial charge in [0, 0.05) is 80.8 Å². The van der Waals surface area contributed by atoms with Crippen molar-refractivity contribution in [2.75, 3.05) is 14.2 Å². The van der Waals surface area contributed by atoms with Crippen LogP contribution in [0.5, 0.6) is 11.5 Å². The van der Waals surface area contributed by atoms with Crippen molar-refractivity contribution in [2.45, 2.75) is 0 Å². The summed E-state index contributed by atoms with van der Waals surface area (Å²) in [7, 11) is 3.14. The van der Waals surface area contributed by atoms with Gasteiger partial charge in [-0.25, -0.2) is 4.98 Å². The summed E-state index contributed by atoms with van der Waals surface area (Å²) >= 11 is 0. The van der Waals surface area contributed by atoms with E-state index >= 15 is 0 Å². The SMILES string of the molecule is COc1ccc2[nH]cc(/C(C#N)=C(\C(=C(\C#N)c3c[nH]c4cccc(OC)c34)c3cccnc3)c3ccc(F)nc3)c2c1. The van der Waals surface area contributed by atoms with E-state index in [-0.39, 0.29) is 11.1 Å². The molecule has 2 N–H and O–H groups in total. The zero-order valence-electron chi connectivity index (χ0n) is 23.1. The van der Waals surface area contributed by atoms with E-state index in [0.29, 0.717) is 50.3 Å². The number of hydrogen-bond donors (Lipinski definition) is 2. The van der Waals surface area contributed by atoms with Gasteiger partial charge in [-0.3, -0.25) is 4.98 Å². The van der Waals surface area contributed by atoms with Crippen molar-refractivity contribution in [1.29, 1.82) is 10.5 Å². The number of methoxy groups -OCH3 is 2. The van der Waals surface area contributed by atoms with Gasteiger partial charge in [-0.1, -0.05) is 12.1 Å². The summed E-state index contributed by atoms with van der Waals surface area (Å²) in [5.74, 6) is 0.514. The van der Waals surface area contributed by atoms with E-state index in [0.717, 1.165) is 16.4 Å². The molecule has 0 amide bonds. The van der Waals surface area contributed by atoms with Gasteiger partial charge in [0.05, 0.1) is 30.8 Å². The lowest BCUT2D eigenvalue weighted by Crippen LogP contribution is -2.01. The van der Waals surface area contributed by atoms with Crippen LogP contribution in [0, 0.1) is 28.6 Å². The third kappa shape index (κ3) is 4.75. The first-order chi connectivity index (χ1) is 21.1. The number of aromatic amines is 2. The standard InChI is InChI=1S/C34H23FN6O2/c1-42-22-9-10-28-23(13-22)26(18-39-28)24(14-36)33(21-8-11-31(35)41-17-21)32(20-5-4-12-38-16-20)25(15-37)27-19-40-29-6-3-7-30(43-2)34(27)29/h3-13,16-19,39-40H,1-2H3/b32-25-,33-24-. The summed E-state index contributed by atoms with van der Waals surface area (Å²) in [6.07, 6.45) is 8.09. The number of hydrogen-bond acceptors (Lipinski definition) is 6. The lowest BCUT2D eigenvalue weighted by atomic mass is 9.83. The van der Waals surface area contributed by atoms with Crippen LogP contribution < -0.4 is 9.47 Å². The first-order valence-corrected chi connectivity index (χ1v) is 13.2. The van der Waals surface area contributed by atoms with Crippen LogP contribution >= 0.6 is 0 Å². The van der Waals surface area contributed by atoms with Gasteiger partial charge in [0.2, 0.25) is 5.95 Å². The lowest BCUT2D eigenvalue weighted by Gasteiger charge is -2.18. The highest BCUT2D eigenvalue weighted by atomic mass is 19.1. The van der Waals surface area contributed by atoms with Crippen molar-refractivity contribution in [2.24, 2.45) is 0 Å². The molecule has 0 aliphatic rings. The highest BCUT2D eigenvalue weighted by Gasteiger charge is 2.26. The fourth-order valence-electron chi connectivity index (χ4n) is 5.32. The first kappa shape index (κ1) is 27.0. The van der Waals surface area contributed by atoms with Crippen LogP contribution in [-0.2, 0) is 0 Å². The van der Waals surface area contributed by atoms with Gasteiger partial charge in [0.25, 0.3) is 0 Å². The first-order valence-electron chi connectivity index (χ1n) is 13.2. The van der Waals surface area contributed by atoms with E-state index in [2.05, 4.69) is 32.1 Å². The van der Waals surface area contributed by atoms with E-state index < -0.39 is 5.95 Å². The Bertz CT molecular complexity index is 2130. The van der Waals surface area contributed by atoms with Gasteiger partial charge in [-0.15, -0.1) is 0 Å². The number of allylic oxidation sites excluding steroid dienone is 4. The Hall–Kier alpha value is -6.19. The van der Waals surface area contributed by atoms with Gasteiger partial charge in [0.1, 0.15) is 23.6 Å². The molecule has 0 aliphatic carbocycles. The molecule has 4 aromatic heterocycles. The highest BCUT2D eigenvalue weighted by molar-refractivity contribution is 6.27. The van der Waals surface area contributed by atoms with E-state index in [1.54, 1.807) is 51.1 Å². The summed E-state index contributed by atoms with van der Waals surface area (Å²) in [5, 5.41) is 23.1. The number of ether oxygens (including phenoxy) is 2. The number of halogens is 1. The number of nitrogens with zero attached hydrogens (tertiary/aromatic N) is 4. The van der Waals surface area contributed by atoms with Crippen LogP contribution in [0.3, 0.4) is 0 Å². The number of nitriles is 2. The van der Waals surface area contributed by atoms with Crippen LogP contribution in [0.4, 0.5) is 4.39 Å². The maximum atomic E-state index is 14.1. The molecule has 0 spiro atoms. The van der Waals surface area contributed by atoms with Gasteiger partial charge in [0.15, 0.2) is 0 Å². The monoisotopic (exact) mass is 566 g/mol. The Balaban J connectivity index is 1.80. The molecule has 0 fully saturated rings. The average Bonchev–Trinajstić information content (AvgIpc) is 3.68. The molecule has 6 rings (SSSR count). The van der Waals surface area contributed by atoms with Crippen molar-refractivity contribution in [1.82, 2.24) is 19.9 Å². The molecule has 0 bridgehead atoms.